The second-order valence-electron chi connectivity index (χ2n) is 4.15. The first-order chi connectivity index (χ1) is 7.54. The molecule has 0 bridgehead atoms. The molecule has 1 atom stereocenters. The Morgan fingerprint density at radius 2 is 2.19 bits per heavy atom. The van der Waals surface area contributed by atoms with Crippen LogP contribution < -0.4 is 0 Å². The summed E-state index contributed by atoms with van der Waals surface area (Å²) in [5.41, 5.74) is 0.573. The molecule has 0 aliphatic carbocycles. The van der Waals surface area contributed by atoms with Crippen molar-refractivity contribution in [2.45, 2.75) is 33.1 Å². The Labute approximate surface area is 104 Å². The normalized spacial score (nSPS) is 12.5. The van der Waals surface area contributed by atoms with E-state index < -0.39 is 0 Å². The van der Waals surface area contributed by atoms with Gasteiger partial charge in [-0.1, -0.05) is 26.7 Å². The summed E-state index contributed by atoms with van der Waals surface area (Å²) >= 11 is 3.22. The molecule has 1 unspecified atom stereocenters. The molecule has 0 aliphatic heterocycles. The number of carbonyl (C=O) groups is 1. The minimum Gasteiger partial charge on any atom is -0.294 e. The van der Waals surface area contributed by atoms with E-state index in [0.29, 0.717) is 22.4 Å². The Morgan fingerprint density at radius 1 is 1.50 bits per heavy atom. The van der Waals surface area contributed by atoms with Crippen LogP contribution in [0.3, 0.4) is 0 Å². The lowest BCUT2D eigenvalue weighted by Gasteiger charge is -2.09. The molecule has 0 spiro atoms. The summed E-state index contributed by atoms with van der Waals surface area (Å²) in [7, 11) is 0. The van der Waals surface area contributed by atoms with Gasteiger partial charge in [-0.05, 0) is 40.0 Å². The van der Waals surface area contributed by atoms with E-state index in [1.165, 1.54) is 12.1 Å². The lowest BCUT2D eigenvalue weighted by atomic mass is 9.96. The molecule has 0 fully saturated rings. The molecule has 16 heavy (non-hydrogen) atoms. The molecule has 0 amide bonds. The van der Waals surface area contributed by atoms with E-state index in [0.717, 1.165) is 12.8 Å². The SMILES string of the molecule is CCCC(C)CC(=O)c1ccc(F)cc1Br. The second-order valence-corrected chi connectivity index (χ2v) is 5.00. The number of Topliss-reactive ketones (excluding diaryl/α,β-unsaturated/α-hetero) is 1. The third kappa shape index (κ3) is 3.71. The standard InChI is InChI=1S/C13H16BrFO/c1-3-4-9(2)7-13(16)11-6-5-10(15)8-12(11)14/h5-6,8-9H,3-4,7H2,1-2H3. The number of hydrogen-bond acceptors (Lipinski definition) is 1. The van der Waals surface area contributed by atoms with Gasteiger partial charge in [0.05, 0.1) is 0 Å². The van der Waals surface area contributed by atoms with E-state index in [4.69, 9.17) is 0 Å². The molecule has 1 nitrogen and oxygen atoms in total. The van der Waals surface area contributed by atoms with Gasteiger partial charge in [-0.25, -0.2) is 4.39 Å². The predicted molar refractivity (Wildman–Crippen MR) is 67.1 cm³/mol. The molecule has 0 heterocycles. The number of carbonyl (C=O) groups excluding carboxylic acids is 1. The average molecular weight is 287 g/mol. The van der Waals surface area contributed by atoms with Crippen molar-refractivity contribution in [1.29, 1.82) is 0 Å². The van der Waals surface area contributed by atoms with Gasteiger partial charge in [0.1, 0.15) is 5.82 Å². The Bertz CT molecular complexity index is 376. The molecule has 0 saturated carbocycles. The van der Waals surface area contributed by atoms with Crippen LogP contribution in [0.2, 0.25) is 0 Å². The first kappa shape index (κ1) is 13.4. The fourth-order valence-electron chi connectivity index (χ4n) is 1.74. The smallest absolute Gasteiger partial charge is 0.164 e. The van der Waals surface area contributed by atoms with Crippen LogP contribution in [0.15, 0.2) is 22.7 Å². The van der Waals surface area contributed by atoms with Gasteiger partial charge in [0.2, 0.25) is 0 Å². The van der Waals surface area contributed by atoms with Crippen molar-refractivity contribution in [2.24, 2.45) is 5.92 Å². The number of rotatable bonds is 5. The van der Waals surface area contributed by atoms with Crippen molar-refractivity contribution in [3.05, 3.63) is 34.1 Å². The second kappa shape index (κ2) is 6.14. The number of ketones is 1. The lowest BCUT2D eigenvalue weighted by molar-refractivity contribution is 0.0962. The van der Waals surface area contributed by atoms with E-state index in [1.807, 2.05) is 0 Å². The summed E-state index contributed by atoms with van der Waals surface area (Å²) in [5, 5.41) is 0. The minimum absolute atomic E-state index is 0.0767. The monoisotopic (exact) mass is 286 g/mol. The molecule has 0 aromatic heterocycles. The fraction of sp³-hybridized carbons (Fsp3) is 0.462. The lowest BCUT2D eigenvalue weighted by Crippen LogP contribution is -2.06. The van der Waals surface area contributed by atoms with Crippen molar-refractivity contribution in [3.8, 4) is 0 Å². The topological polar surface area (TPSA) is 17.1 Å². The quantitative estimate of drug-likeness (QED) is 0.723. The maximum Gasteiger partial charge on any atom is 0.164 e. The third-order valence-corrected chi connectivity index (χ3v) is 3.20. The van der Waals surface area contributed by atoms with Crippen molar-refractivity contribution in [3.63, 3.8) is 0 Å². The maximum atomic E-state index is 12.9. The van der Waals surface area contributed by atoms with Gasteiger partial charge in [-0.15, -0.1) is 0 Å². The third-order valence-electron chi connectivity index (χ3n) is 2.55. The van der Waals surface area contributed by atoms with E-state index in [9.17, 15) is 9.18 Å². The summed E-state index contributed by atoms with van der Waals surface area (Å²) in [6.07, 6.45) is 2.65. The average Bonchev–Trinajstić information content (AvgIpc) is 2.17. The molecule has 0 saturated heterocycles. The van der Waals surface area contributed by atoms with Crippen molar-refractivity contribution in [1.82, 2.24) is 0 Å². The molecule has 1 aromatic rings. The predicted octanol–water partition coefficient (Wildman–Crippen LogP) is 4.60. The van der Waals surface area contributed by atoms with E-state index in [1.54, 1.807) is 6.07 Å². The van der Waals surface area contributed by atoms with Crippen LogP contribution in [-0.2, 0) is 0 Å². The molecule has 1 aromatic carbocycles. The molecule has 1 rings (SSSR count). The van der Waals surface area contributed by atoms with Gasteiger partial charge in [0, 0.05) is 16.5 Å². The first-order valence-corrected chi connectivity index (χ1v) is 6.32. The van der Waals surface area contributed by atoms with E-state index >= 15 is 0 Å². The maximum absolute atomic E-state index is 12.9. The Hall–Kier alpha value is -0.700. The van der Waals surface area contributed by atoms with Crippen molar-refractivity contribution in [2.75, 3.05) is 0 Å². The number of hydrogen-bond donors (Lipinski definition) is 0. The van der Waals surface area contributed by atoms with Gasteiger partial charge in [0.15, 0.2) is 5.78 Å². The van der Waals surface area contributed by atoms with E-state index in [2.05, 4.69) is 29.8 Å². The molecule has 0 radical (unpaired) electrons. The van der Waals surface area contributed by atoms with Crippen molar-refractivity contribution >= 4 is 21.7 Å². The number of benzene rings is 1. The van der Waals surface area contributed by atoms with Gasteiger partial charge in [0.25, 0.3) is 0 Å². The molecular formula is C13H16BrFO. The summed E-state index contributed by atoms with van der Waals surface area (Å²) in [6.45, 7) is 4.17. The zero-order valence-corrected chi connectivity index (χ0v) is 11.2. The van der Waals surface area contributed by atoms with Crippen LogP contribution in [-0.4, -0.2) is 5.78 Å². The summed E-state index contributed by atoms with van der Waals surface area (Å²) in [5.74, 6) is 0.132. The highest BCUT2D eigenvalue weighted by molar-refractivity contribution is 9.10. The van der Waals surface area contributed by atoms with Crippen LogP contribution in [0.25, 0.3) is 0 Å². The highest BCUT2D eigenvalue weighted by Gasteiger charge is 2.13. The Kier molecular flexibility index (Phi) is 5.13. The summed E-state index contributed by atoms with van der Waals surface area (Å²) in [6, 6.07) is 4.20. The fourth-order valence-corrected chi connectivity index (χ4v) is 2.31. The van der Waals surface area contributed by atoms with Crippen molar-refractivity contribution < 1.29 is 9.18 Å². The van der Waals surface area contributed by atoms with Crippen LogP contribution in [0.5, 0.6) is 0 Å². The summed E-state index contributed by atoms with van der Waals surface area (Å²) < 4.78 is 13.4. The van der Waals surface area contributed by atoms with Gasteiger partial charge in [-0.2, -0.15) is 0 Å². The zero-order chi connectivity index (χ0) is 12.1. The van der Waals surface area contributed by atoms with Crippen LogP contribution in [0.4, 0.5) is 4.39 Å². The Balaban J connectivity index is 2.73. The molecule has 0 aliphatic rings. The molecule has 88 valence electrons. The Morgan fingerprint density at radius 3 is 2.75 bits per heavy atom. The van der Waals surface area contributed by atoms with Crippen LogP contribution in [0, 0.1) is 11.7 Å². The largest absolute Gasteiger partial charge is 0.294 e. The van der Waals surface area contributed by atoms with Gasteiger partial charge >= 0.3 is 0 Å². The van der Waals surface area contributed by atoms with E-state index in [-0.39, 0.29) is 11.6 Å². The highest BCUT2D eigenvalue weighted by Crippen LogP contribution is 2.22. The van der Waals surface area contributed by atoms with Gasteiger partial charge < -0.3 is 0 Å². The molecule has 3 heteroatoms. The number of halogens is 2. The van der Waals surface area contributed by atoms with Gasteiger partial charge in [-0.3, -0.25) is 4.79 Å². The summed E-state index contributed by atoms with van der Waals surface area (Å²) in [4.78, 5) is 11.9. The highest BCUT2D eigenvalue weighted by atomic mass is 79.9. The van der Waals surface area contributed by atoms with Crippen LogP contribution >= 0.6 is 15.9 Å². The molecule has 0 N–H and O–H groups in total. The molecular weight excluding hydrogens is 271 g/mol. The minimum atomic E-state index is -0.329. The zero-order valence-electron chi connectivity index (χ0n) is 9.59. The first-order valence-electron chi connectivity index (χ1n) is 5.52. The van der Waals surface area contributed by atoms with Crippen LogP contribution in [0.1, 0.15) is 43.5 Å².